The van der Waals surface area contributed by atoms with Gasteiger partial charge in [-0.05, 0) is 35.9 Å². The van der Waals surface area contributed by atoms with Crippen LogP contribution in [-0.2, 0) is 11.2 Å². The first-order chi connectivity index (χ1) is 5.36. The lowest BCUT2D eigenvalue weighted by Crippen LogP contribution is -2.28. The zero-order valence-electron chi connectivity index (χ0n) is 6.41. The molecule has 1 N–H and O–H groups in total. The van der Waals surface area contributed by atoms with Crippen LogP contribution in [0.5, 0.6) is 0 Å². The topological polar surface area (TPSA) is 29.1 Å². The molecular weight excluding hydrogens is 158 g/mol. The van der Waals surface area contributed by atoms with Crippen molar-refractivity contribution >= 4 is 17.6 Å². The molecule has 0 saturated heterocycles. The van der Waals surface area contributed by atoms with E-state index in [4.69, 9.17) is 0 Å². The molecule has 0 aliphatic carbocycles. The van der Waals surface area contributed by atoms with Crippen molar-refractivity contribution in [2.24, 2.45) is 0 Å². The van der Waals surface area contributed by atoms with Crippen molar-refractivity contribution in [1.82, 2.24) is 5.32 Å². The fourth-order valence-electron chi connectivity index (χ4n) is 0.881. The lowest BCUT2D eigenvalue weighted by molar-refractivity contribution is -0.109. The SMILES string of the molecule is CNC(C=O)Cc1ccsc1. The van der Waals surface area contributed by atoms with Gasteiger partial charge < -0.3 is 10.1 Å². The van der Waals surface area contributed by atoms with E-state index in [9.17, 15) is 4.79 Å². The van der Waals surface area contributed by atoms with Gasteiger partial charge >= 0.3 is 0 Å². The Morgan fingerprint density at radius 1 is 1.82 bits per heavy atom. The number of rotatable bonds is 4. The van der Waals surface area contributed by atoms with Crippen LogP contribution in [0, 0.1) is 0 Å². The van der Waals surface area contributed by atoms with E-state index in [2.05, 4.69) is 10.7 Å². The van der Waals surface area contributed by atoms with Crippen molar-refractivity contribution in [2.45, 2.75) is 12.5 Å². The summed E-state index contributed by atoms with van der Waals surface area (Å²) in [6, 6.07) is 2.00. The van der Waals surface area contributed by atoms with E-state index >= 15 is 0 Å². The van der Waals surface area contributed by atoms with Crippen LogP contribution in [0.1, 0.15) is 5.56 Å². The van der Waals surface area contributed by atoms with Crippen LogP contribution < -0.4 is 5.32 Å². The predicted octanol–water partition coefficient (Wildman–Crippen LogP) is 1.08. The maximum absolute atomic E-state index is 10.4. The highest BCUT2D eigenvalue weighted by Crippen LogP contribution is 2.07. The van der Waals surface area contributed by atoms with Crippen molar-refractivity contribution in [3.05, 3.63) is 22.4 Å². The first-order valence-corrected chi connectivity index (χ1v) is 4.44. The van der Waals surface area contributed by atoms with E-state index in [0.717, 1.165) is 12.7 Å². The number of carbonyl (C=O) groups is 1. The van der Waals surface area contributed by atoms with E-state index in [-0.39, 0.29) is 6.04 Å². The standard InChI is InChI=1S/C8H11NOS/c1-9-8(5-10)4-7-2-3-11-6-7/h2-3,5-6,8-9H,4H2,1H3. The second-order valence-corrected chi connectivity index (χ2v) is 3.15. The Morgan fingerprint density at radius 3 is 3.09 bits per heavy atom. The van der Waals surface area contributed by atoms with Crippen LogP contribution >= 0.6 is 11.3 Å². The predicted molar refractivity (Wildman–Crippen MR) is 46.9 cm³/mol. The van der Waals surface area contributed by atoms with Crippen LogP contribution in [-0.4, -0.2) is 19.4 Å². The molecule has 3 heteroatoms. The molecule has 0 aromatic carbocycles. The zero-order chi connectivity index (χ0) is 8.10. The molecule has 0 aliphatic rings. The van der Waals surface area contributed by atoms with Gasteiger partial charge in [0.1, 0.15) is 6.29 Å². The van der Waals surface area contributed by atoms with Gasteiger partial charge in [-0.3, -0.25) is 0 Å². The Morgan fingerprint density at radius 2 is 2.64 bits per heavy atom. The Hall–Kier alpha value is -0.670. The molecule has 2 nitrogen and oxygen atoms in total. The highest BCUT2D eigenvalue weighted by atomic mass is 32.1. The summed E-state index contributed by atoms with van der Waals surface area (Å²) in [7, 11) is 1.80. The molecule has 0 amide bonds. The van der Waals surface area contributed by atoms with Gasteiger partial charge in [-0.1, -0.05) is 0 Å². The number of thiophene rings is 1. The molecule has 1 unspecified atom stereocenters. The molecule has 0 radical (unpaired) electrons. The number of likely N-dealkylation sites (N-methyl/N-ethyl adjacent to an activating group) is 1. The molecule has 11 heavy (non-hydrogen) atoms. The molecule has 0 fully saturated rings. The van der Waals surface area contributed by atoms with Crippen LogP contribution in [0.2, 0.25) is 0 Å². The Balaban J connectivity index is 2.47. The van der Waals surface area contributed by atoms with Crippen molar-refractivity contribution < 1.29 is 4.79 Å². The highest BCUT2D eigenvalue weighted by molar-refractivity contribution is 7.07. The first-order valence-electron chi connectivity index (χ1n) is 3.50. The molecule has 1 atom stereocenters. The smallest absolute Gasteiger partial charge is 0.137 e. The van der Waals surface area contributed by atoms with Gasteiger partial charge in [0.25, 0.3) is 0 Å². The third-order valence-corrected chi connectivity index (χ3v) is 2.30. The Labute approximate surface area is 70.2 Å². The van der Waals surface area contributed by atoms with Gasteiger partial charge in [0.05, 0.1) is 6.04 Å². The lowest BCUT2D eigenvalue weighted by Gasteiger charge is -2.05. The number of hydrogen-bond acceptors (Lipinski definition) is 3. The molecular formula is C8H11NOS. The summed E-state index contributed by atoms with van der Waals surface area (Å²) in [4.78, 5) is 10.4. The van der Waals surface area contributed by atoms with E-state index in [1.807, 2.05) is 11.4 Å². The lowest BCUT2D eigenvalue weighted by atomic mass is 10.1. The van der Waals surface area contributed by atoms with Crippen molar-refractivity contribution in [1.29, 1.82) is 0 Å². The minimum absolute atomic E-state index is 0.0374. The third-order valence-electron chi connectivity index (χ3n) is 1.57. The van der Waals surface area contributed by atoms with E-state index < -0.39 is 0 Å². The normalized spacial score (nSPS) is 12.8. The largest absolute Gasteiger partial charge is 0.311 e. The summed E-state index contributed by atoms with van der Waals surface area (Å²) >= 11 is 1.66. The van der Waals surface area contributed by atoms with Crippen LogP contribution in [0.25, 0.3) is 0 Å². The van der Waals surface area contributed by atoms with E-state index in [1.165, 1.54) is 5.56 Å². The minimum atomic E-state index is -0.0374. The van der Waals surface area contributed by atoms with E-state index in [0.29, 0.717) is 0 Å². The maximum Gasteiger partial charge on any atom is 0.137 e. The summed E-state index contributed by atoms with van der Waals surface area (Å²) in [6.45, 7) is 0. The molecule has 0 saturated carbocycles. The summed E-state index contributed by atoms with van der Waals surface area (Å²) in [5, 5.41) is 7.01. The fraction of sp³-hybridized carbons (Fsp3) is 0.375. The van der Waals surface area contributed by atoms with Gasteiger partial charge in [-0.2, -0.15) is 11.3 Å². The molecule has 0 spiro atoms. The average Bonchev–Trinajstić information content (AvgIpc) is 2.52. The van der Waals surface area contributed by atoms with Crippen LogP contribution in [0.4, 0.5) is 0 Å². The van der Waals surface area contributed by atoms with E-state index in [1.54, 1.807) is 18.4 Å². The monoisotopic (exact) mass is 169 g/mol. The highest BCUT2D eigenvalue weighted by Gasteiger charge is 2.04. The summed E-state index contributed by atoms with van der Waals surface area (Å²) < 4.78 is 0. The third kappa shape index (κ3) is 2.44. The zero-order valence-corrected chi connectivity index (χ0v) is 7.23. The van der Waals surface area contributed by atoms with Gasteiger partial charge in [0, 0.05) is 0 Å². The van der Waals surface area contributed by atoms with Gasteiger partial charge in [0.2, 0.25) is 0 Å². The Kier molecular flexibility index (Phi) is 3.26. The number of aldehydes is 1. The fourth-order valence-corrected chi connectivity index (χ4v) is 1.56. The number of nitrogens with one attached hydrogen (secondary N) is 1. The second-order valence-electron chi connectivity index (χ2n) is 2.37. The molecule has 1 heterocycles. The molecule has 1 rings (SSSR count). The molecule has 0 aliphatic heterocycles. The molecule has 0 bridgehead atoms. The van der Waals surface area contributed by atoms with Gasteiger partial charge in [0.15, 0.2) is 0 Å². The molecule has 1 aromatic rings. The first kappa shape index (κ1) is 8.43. The Bertz CT molecular complexity index is 208. The minimum Gasteiger partial charge on any atom is -0.311 e. The molecule has 60 valence electrons. The van der Waals surface area contributed by atoms with Crippen LogP contribution in [0.3, 0.4) is 0 Å². The number of carbonyl (C=O) groups excluding carboxylic acids is 1. The van der Waals surface area contributed by atoms with Gasteiger partial charge in [-0.25, -0.2) is 0 Å². The number of hydrogen-bond donors (Lipinski definition) is 1. The second kappa shape index (κ2) is 4.26. The molecule has 1 aromatic heterocycles. The van der Waals surface area contributed by atoms with Gasteiger partial charge in [-0.15, -0.1) is 0 Å². The van der Waals surface area contributed by atoms with Crippen molar-refractivity contribution in [3.8, 4) is 0 Å². The average molecular weight is 169 g/mol. The van der Waals surface area contributed by atoms with Crippen molar-refractivity contribution in [2.75, 3.05) is 7.05 Å². The summed E-state index contributed by atoms with van der Waals surface area (Å²) in [6.07, 6.45) is 1.74. The summed E-state index contributed by atoms with van der Waals surface area (Å²) in [5.41, 5.74) is 1.22. The summed E-state index contributed by atoms with van der Waals surface area (Å²) in [5.74, 6) is 0. The maximum atomic E-state index is 10.4. The van der Waals surface area contributed by atoms with Crippen LogP contribution in [0.15, 0.2) is 16.8 Å². The van der Waals surface area contributed by atoms with Crippen molar-refractivity contribution in [3.63, 3.8) is 0 Å². The quantitative estimate of drug-likeness (QED) is 0.683.